The highest BCUT2D eigenvalue weighted by molar-refractivity contribution is 7.12. The van der Waals surface area contributed by atoms with Crippen LogP contribution in [0.5, 0.6) is 0 Å². The first-order chi connectivity index (χ1) is 16.1. The molecular formula is C23H24N8OS. The molecule has 1 aliphatic rings. The molecule has 1 amide bonds. The molecule has 1 N–H and O–H groups in total. The highest BCUT2D eigenvalue weighted by Gasteiger charge is 2.20. The summed E-state index contributed by atoms with van der Waals surface area (Å²) in [5.41, 5.74) is 2.97. The number of anilines is 2. The molecule has 1 fully saturated rings. The maximum atomic E-state index is 12.9. The lowest BCUT2D eigenvalue weighted by atomic mass is 10.2. The van der Waals surface area contributed by atoms with Gasteiger partial charge in [0, 0.05) is 61.8 Å². The smallest absolute Gasteiger partial charge is 0.257 e. The lowest BCUT2D eigenvalue weighted by Gasteiger charge is -2.37. The minimum absolute atomic E-state index is 0.218. The Labute approximate surface area is 195 Å². The van der Waals surface area contributed by atoms with Crippen LogP contribution in [0.1, 0.15) is 24.2 Å². The van der Waals surface area contributed by atoms with Crippen LogP contribution in [0.3, 0.4) is 0 Å². The van der Waals surface area contributed by atoms with E-state index in [1.807, 2.05) is 18.2 Å². The van der Waals surface area contributed by atoms with Gasteiger partial charge in [-0.1, -0.05) is 11.3 Å². The van der Waals surface area contributed by atoms with Crippen molar-refractivity contribution < 1.29 is 4.79 Å². The van der Waals surface area contributed by atoms with Crippen LogP contribution in [-0.2, 0) is 0 Å². The Bertz CT molecular complexity index is 1270. The molecule has 1 saturated heterocycles. The van der Waals surface area contributed by atoms with Gasteiger partial charge in [0.15, 0.2) is 5.01 Å². The maximum Gasteiger partial charge on any atom is 0.257 e. The van der Waals surface area contributed by atoms with Gasteiger partial charge in [-0.15, -0.1) is 10.2 Å². The number of carbonyl (C=O) groups is 1. The summed E-state index contributed by atoms with van der Waals surface area (Å²) in [5.74, 6) is 1.08. The molecule has 33 heavy (non-hydrogen) atoms. The van der Waals surface area contributed by atoms with Crippen LogP contribution in [0.2, 0.25) is 0 Å². The number of rotatable bonds is 5. The third-order valence-electron chi connectivity index (χ3n) is 5.80. The third-order valence-corrected chi connectivity index (χ3v) is 6.51. The average Bonchev–Trinajstić information content (AvgIpc) is 3.39. The summed E-state index contributed by atoms with van der Waals surface area (Å²) < 4.78 is 0. The van der Waals surface area contributed by atoms with Crippen molar-refractivity contribution in [2.24, 2.45) is 0 Å². The first-order valence-electron chi connectivity index (χ1n) is 10.9. The van der Waals surface area contributed by atoms with E-state index < -0.39 is 0 Å². The zero-order chi connectivity index (χ0) is 22.8. The molecule has 5 rings (SSSR count). The van der Waals surface area contributed by atoms with E-state index in [2.05, 4.69) is 54.1 Å². The number of aromatic nitrogens is 5. The van der Waals surface area contributed by atoms with E-state index in [1.165, 1.54) is 11.3 Å². The molecule has 0 unspecified atom stereocenters. The van der Waals surface area contributed by atoms with Gasteiger partial charge >= 0.3 is 0 Å². The number of nitrogens with one attached hydrogen (secondary N) is 1. The number of hydrogen-bond acceptors (Lipinski definition) is 9. The van der Waals surface area contributed by atoms with Crippen LogP contribution in [0, 0.1) is 0 Å². The molecule has 9 nitrogen and oxygen atoms in total. The SMILES string of the molecule is CC(C)N1CCN(c2cc(C(=O)Nc3cc4cc(-c5nncs5)ncc4cn3)ccn2)CC1. The molecule has 5 heterocycles. The Morgan fingerprint density at radius 2 is 1.85 bits per heavy atom. The van der Waals surface area contributed by atoms with Gasteiger partial charge in [0.1, 0.15) is 22.8 Å². The first-order valence-corrected chi connectivity index (χ1v) is 11.7. The van der Waals surface area contributed by atoms with Gasteiger partial charge in [-0.3, -0.25) is 14.7 Å². The molecule has 0 radical (unpaired) electrons. The fraction of sp³-hybridized carbons (Fsp3) is 0.304. The van der Waals surface area contributed by atoms with Gasteiger partial charge in [-0.25, -0.2) is 9.97 Å². The number of piperazine rings is 1. The van der Waals surface area contributed by atoms with Gasteiger partial charge in [0.05, 0.1) is 0 Å². The summed E-state index contributed by atoms with van der Waals surface area (Å²) in [5, 5.41) is 13.4. The molecule has 10 heteroatoms. The van der Waals surface area contributed by atoms with Gasteiger partial charge in [-0.05, 0) is 43.5 Å². The van der Waals surface area contributed by atoms with E-state index in [1.54, 1.807) is 30.2 Å². The van der Waals surface area contributed by atoms with Gasteiger partial charge < -0.3 is 10.2 Å². The van der Waals surface area contributed by atoms with Crippen LogP contribution < -0.4 is 10.2 Å². The second-order valence-corrected chi connectivity index (χ2v) is 9.04. The van der Waals surface area contributed by atoms with E-state index in [4.69, 9.17) is 0 Å². The highest BCUT2D eigenvalue weighted by Crippen LogP contribution is 2.24. The number of amides is 1. The van der Waals surface area contributed by atoms with E-state index >= 15 is 0 Å². The van der Waals surface area contributed by atoms with Crippen molar-refractivity contribution in [3.05, 3.63) is 53.9 Å². The van der Waals surface area contributed by atoms with Crippen LogP contribution in [0.4, 0.5) is 11.6 Å². The van der Waals surface area contributed by atoms with Crippen LogP contribution in [0.25, 0.3) is 21.5 Å². The van der Waals surface area contributed by atoms with Crippen molar-refractivity contribution >= 4 is 39.7 Å². The minimum atomic E-state index is -0.218. The molecule has 0 aliphatic carbocycles. The van der Waals surface area contributed by atoms with E-state index in [-0.39, 0.29) is 5.91 Å². The normalized spacial score (nSPS) is 14.7. The first kappa shape index (κ1) is 21.4. The second kappa shape index (κ2) is 9.16. The average molecular weight is 461 g/mol. The number of pyridine rings is 3. The number of nitrogens with zero attached hydrogens (tertiary/aromatic N) is 7. The molecule has 4 aromatic rings. The Balaban J connectivity index is 1.32. The monoisotopic (exact) mass is 460 g/mol. The summed E-state index contributed by atoms with van der Waals surface area (Å²) in [6.07, 6.45) is 5.14. The van der Waals surface area contributed by atoms with Crippen molar-refractivity contribution in [3.8, 4) is 10.7 Å². The van der Waals surface area contributed by atoms with Crippen molar-refractivity contribution in [3.63, 3.8) is 0 Å². The summed E-state index contributed by atoms with van der Waals surface area (Å²) in [4.78, 5) is 30.9. The van der Waals surface area contributed by atoms with E-state index in [0.717, 1.165) is 53.5 Å². The predicted molar refractivity (Wildman–Crippen MR) is 130 cm³/mol. The Kier molecular flexibility index (Phi) is 5.93. The van der Waals surface area contributed by atoms with E-state index in [9.17, 15) is 4.79 Å². The van der Waals surface area contributed by atoms with Crippen molar-refractivity contribution in [2.45, 2.75) is 19.9 Å². The Morgan fingerprint density at radius 3 is 2.61 bits per heavy atom. The van der Waals surface area contributed by atoms with Crippen molar-refractivity contribution in [1.82, 2.24) is 30.0 Å². The molecule has 0 spiro atoms. The van der Waals surface area contributed by atoms with Crippen LogP contribution in [-0.4, -0.2) is 68.2 Å². The molecule has 4 aromatic heterocycles. The summed E-state index contributed by atoms with van der Waals surface area (Å²) >= 11 is 1.43. The van der Waals surface area contributed by atoms with E-state index in [0.29, 0.717) is 17.4 Å². The van der Waals surface area contributed by atoms with Crippen LogP contribution in [0.15, 0.2) is 48.4 Å². The molecule has 0 bridgehead atoms. The molecule has 0 atom stereocenters. The highest BCUT2D eigenvalue weighted by atomic mass is 32.1. The number of carbonyl (C=O) groups excluding carboxylic acids is 1. The fourth-order valence-electron chi connectivity index (χ4n) is 3.90. The summed E-state index contributed by atoms with van der Waals surface area (Å²) in [6.45, 7) is 8.21. The van der Waals surface area contributed by atoms with Gasteiger partial charge in [0.2, 0.25) is 0 Å². The minimum Gasteiger partial charge on any atom is -0.354 e. The van der Waals surface area contributed by atoms with Gasteiger partial charge in [-0.2, -0.15) is 0 Å². The Morgan fingerprint density at radius 1 is 1.03 bits per heavy atom. The quantitative estimate of drug-likeness (QED) is 0.484. The lowest BCUT2D eigenvalue weighted by molar-refractivity contribution is 0.102. The molecule has 1 aliphatic heterocycles. The fourth-order valence-corrected chi connectivity index (χ4v) is 4.42. The summed E-state index contributed by atoms with van der Waals surface area (Å²) in [6, 6.07) is 7.87. The second-order valence-electron chi connectivity index (χ2n) is 8.20. The molecule has 0 aromatic carbocycles. The standard InChI is InChI=1S/C23H24N8OS/c1-15(2)30-5-7-31(8-6-30)21-11-16(3-4-24-21)22(32)28-20-10-17-9-19(23-29-27-14-33-23)25-12-18(17)13-26-20/h3-4,9-15H,5-8H2,1-2H3,(H,26,28,32). The topological polar surface area (TPSA) is 100 Å². The summed E-state index contributed by atoms with van der Waals surface area (Å²) in [7, 11) is 0. The predicted octanol–water partition coefficient (Wildman–Crippen LogP) is 3.33. The Hall–Kier alpha value is -3.50. The number of hydrogen-bond donors (Lipinski definition) is 1. The molecule has 0 saturated carbocycles. The lowest BCUT2D eigenvalue weighted by Crippen LogP contribution is -2.49. The van der Waals surface area contributed by atoms with Crippen molar-refractivity contribution in [1.29, 1.82) is 0 Å². The third kappa shape index (κ3) is 4.67. The van der Waals surface area contributed by atoms with Crippen molar-refractivity contribution in [2.75, 3.05) is 36.4 Å². The largest absolute Gasteiger partial charge is 0.354 e. The molecule has 168 valence electrons. The van der Waals surface area contributed by atoms with Crippen LogP contribution >= 0.6 is 11.3 Å². The zero-order valence-electron chi connectivity index (χ0n) is 18.5. The van der Waals surface area contributed by atoms with Gasteiger partial charge in [0.25, 0.3) is 5.91 Å². The number of fused-ring (bicyclic) bond motifs is 1. The zero-order valence-corrected chi connectivity index (χ0v) is 19.3. The maximum absolute atomic E-state index is 12.9. The molecular weight excluding hydrogens is 436 g/mol.